The van der Waals surface area contributed by atoms with Gasteiger partial charge in [-0.15, -0.1) is 0 Å². The molecule has 8 heteroatoms. The Morgan fingerprint density at radius 1 is 1.02 bits per heavy atom. The SMILES string of the molecule is CC(C)CC(=O)OC[C@H]1C[C@@H](C)[C@H]2[C@H](O1)[C@H](O)[C@@]1(C)[C@@H]3CC[C@H]4C(C)(C)[C@@H](OC5CN(C6COC6)CCO5)CC[C@@]45C[C@@]35CC[C@]21C. The van der Waals surface area contributed by atoms with Crippen molar-refractivity contribution in [2.24, 2.45) is 56.7 Å². The van der Waals surface area contributed by atoms with E-state index in [2.05, 4.69) is 39.5 Å². The molecule has 47 heavy (non-hydrogen) atoms. The maximum atomic E-state index is 12.5. The first-order valence-electron chi connectivity index (χ1n) is 19.3. The molecule has 0 bridgehead atoms. The van der Waals surface area contributed by atoms with Crippen LogP contribution in [0.2, 0.25) is 0 Å². The largest absolute Gasteiger partial charge is 0.463 e. The fourth-order valence-electron chi connectivity index (χ4n) is 14.0. The van der Waals surface area contributed by atoms with Gasteiger partial charge in [0, 0.05) is 18.4 Å². The molecule has 8 fully saturated rings. The standard InChI is InChI=1S/C39H63NO7/c1-23(2)16-30(41)45-21-26-17-24(3)32-33(46-26)34(42)37(7)28-9-8-27-35(4,5)29(47-31-18-40(14-15-44-31)25-19-43-20-25)10-11-38(27)22-39(28,38)13-12-36(32,37)6/h23-29,31-34,42H,8-22H2,1-7H3/t24-,26-,27+,28+,29+,31?,32+,33+,34+,36-,37-,38-,39+/m1/s1. The van der Waals surface area contributed by atoms with Crippen molar-refractivity contribution >= 4 is 5.97 Å². The maximum absolute atomic E-state index is 12.5. The fraction of sp³-hybridized carbons (Fsp3) is 0.974. The molecule has 5 saturated carbocycles. The van der Waals surface area contributed by atoms with Crippen LogP contribution in [0.15, 0.2) is 0 Å². The number of nitrogens with zero attached hydrogens (tertiary/aromatic N) is 1. The highest BCUT2D eigenvalue weighted by Crippen LogP contribution is 2.89. The van der Waals surface area contributed by atoms with Crippen molar-refractivity contribution in [3.63, 3.8) is 0 Å². The summed E-state index contributed by atoms with van der Waals surface area (Å²) in [5.74, 6) is 2.04. The highest BCUT2D eigenvalue weighted by atomic mass is 16.7. The number of hydrogen-bond donors (Lipinski definition) is 1. The van der Waals surface area contributed by atoms with Gasteiger partial charge in [0.2, 0.25) is 0 Å². The summed E-state index contributed by atoms with van der Waals surface area (Å²) in [7, 11) is 0. The van der Waals surface area contributed by atoms with Crippen molar-refractivity contribution in [1.29, 1.82) is 0 Å². The van der Waals surface area contributed by atoms with E-state index in [9.17, 15) is 9.90 Å². The minimum atomic E-state index is -0.495. The zero-order valence-corrected chi connectivity index (χ0v) is 30.3. The van der Waals surface area contributed by atoms with E-state index in [-0.39, 0.29) is 52.7 Å². The Hall–Kier alpha value is -0.770. The average Bonchev–Trinajstić information content (AvgIpc) is 3.61. The molecule has 0 amide bonds. The van der Waals surface area contributed by atoms with Crippen LogP contribution in [0.5, 0.6) is 0 Å². The number of morpholine rings is 1. The average molecular weight is 658 g/mol. The lowest BCUT2D eigenvalue weighted by molar-refractivity contribution is -0.256. The second kappa shape index (κ2) is 11.4. The monoisotopic (exact) mass is 657 g/mol. The smallest absolute Gasteiger partial charge is 0.306 e. The van der Waals surface area contributed by atoms with Crippen molar-refractivity contribution < 1.29 is 33.6 Å². The number of carbonyl (C=O) groups excluding carboxylic acids is 1. The molecule has 0 aromatic heterocycles. The molecule has 13 atom stereocenters. The van der Waals surface area contributed by atoms with Crippen LogP contribution in [-0.2, 0) is 28.5 Å². The maximum Gasteiger partial charge on any atom is 0.306 e. The quantitative estimate of drug-likeness (QED) is 0.343. The highest BCUT2D eigenvalue weighted by molar-refractivity contribution is 5.69. The summed E-state index contributed by atoms with van der Waals surface area (Å²) >= 11 is 0. The molecule has 1 N–H and O–H groups in total. The molecule has 8 nitrogen and oxygen atoms in total. The Bertz CT molecular complexity index is 1220. The van der Waals surface area contributed by atoms with E-state index in [0.717, 1.165) is 45.8 Å². The van der Waals surface area contributed by atoms with Gasteiger partial charge in [0.15, 0.2) is 6.29 Å². The zero-order valence-electron chi connectivity index (χ0n) is 30.3. The fourth-order valence-corrected chi connectivity index (χ4v) is 14.0. The third-order valence-electron chi connectivity index (χ3n) is 16.3. The number of carbonyl (C=O) groups is 1. The summed E-state index contributed by atoms with van der Waals surface area (Å²) in [6.07, 6.45) is 9.08. The number of hydrogen-bond acceptors (Lipinski definition) is 8. The second-order valence-electron chi connectivity index (χ2n) is 19.0. The van der Waals surface area contributed by atoms with Crippen LogP contribution < -0.4 is 0 Å². The van der Waals surface area contributed by atoms with Crippen molar-refractivity contribution in [1.82, 2.24) is 4.90 Å². The van der Waals surface area contributed by atoms with Crippen LogP contribution in [0.1, 0.15) is 106 Å². The van der Waals surface area contributed by atoms with Gasteiger partial charge in [0.05, 0.1) is 56.8 Å². The molecule has 8 aliphatic rings. The highest BCUT2D eigenvalue weighted by Gasteiger charge is 2.84. The number of rotatable bonds is 7. The third-order valence-corrected chi connectivity index (χ3v) is 16.3. The lowest BCUT2D eigenvalue weighted by Crippen LogP contribution is -2.60. The normalized spacial score (nSPS) is 52.0. The molecular weight excluding hydrogens is 594 g/mol. The molecule has 3 aliphatic heterocycles. The molecule has 5 aliphatic carbocycles. The molecule has 266 valence electrons. The van der Waals surface area contributed by atoms with E-state index < -0.39 is 6.10 Å². The Labute approximate surface area is 283 Å². The summed E-state index contributed by atoms with van der Waals surface area (Å²) in [6.45, 7) is 20.9. The van der Waals surface area contributed by atoms with Gasteiger partial charge in [-0.1, -0.05) is 48.5 Å². The van der Waals surface area contributed by atoms with Gasteiger partial charge in [-0.2, -0.15) is 0 Å². The molecule has 8 rings (SSSR count). The summed E-state index contributed by atoms with van der Waals surface area (Å²) in [5.41, 5.74) is 0.611. The van der Waals surface area contributed by atoms with E-state index in [1.54, 1.807) is 0 Å². The van der Waals surface area contributed by atoms with Crippen molar-refractivity contribution in [3.05, 3.63) is 0 Å². The van der Waals surface area contributed by atoms with E-state index in [1.165, 1.54) is 38.5 Å². The molecule has 0 aromatic rings. The van der Waals surface area contributed by atoms with E-state index in [1.807, 2.05) is 13.8 Å². The third kappa shape index (κ3) is 4.69. The Kier molecular flexibility index (Phi) is 8.07. The first-order valence-corrected chi connectivity index (χ1v) is 19.3. The van der Waals surface area contributed by atoms with E-state index >= 15 is 0 Å². The number of ether oxygens (including phenoxy) is 5. The number of fused-ring (bicyclic) bond motifs is 4. The lowest BCUT2D eigenvalue weighted by Gasteiger charge is -2.64. The zero-order chi connectivity index (χ0) is 33.1. The first-order chi connectivity index (χ1) is 22.3. The van der Waals surface area contributed by atoms with Crippen molar-refractivity contribution in [3.8, 4) is 0 Å². The molecule has 3 saturated heterocycles. The Balaban J connectivity index is 0.986. The van der Waals surface area contributed by atoms with Gasteiger partial charge in [-0.05, 0) is 103 Å². The molecule has 2 spiro atoms. The Morgan fingerprint density at radius 3 is 2.49 bits per heavy atom. The van der Waals surface area contributed by atoms with Gasteiger partial charge < -0.3 is 28.8 Å². The van der Waals surface area contributed by atoms with Gasteiger partial charge in [-0.3, -0.25) is 9.69 Å². The van der Waals surface area contributed by atoms with Crippen molar-refractivity contribution in [2.75, 3.05) is 39.5 Å². The molecular formula is C39H63NO7. The van der Waals surface area contributed by atoms with Crippen LogP contribution in [0, 0.1) is 56.7 Å². The van der Waals surface area contributed by atoms with Crippen LogP contribution in [0.4, 0.5) is 0 Å². The summed E-state index contributed by atoms with van der Waals surface area (Å²) in [5, 5.41) is 12.5. The van der Waals surface area contributed by atoms with Gasteiger partial charge in [0.1, 0.15) is 6.61 Å². The number of aliphatic hydroxyl groups excluding tert-OH is 1. The van der Waals surface area contributed by atoms with Crippen LogP contribution in [0.25, 0.3) is 0 Å². The van der Waals surface area contributed by atoms with Crippen molar-refractivity contribution in [2.45, 2.75) is 143 Å². The van der Waals surface area contributed by atoms with Crippen LogP contribution in [0.3, 0.4) is 0 Å². The first kappa shape index (κ1) is 33.4. The summed E-state index contributed by atoms with van der Waals surface area (Å²) in [4.78, 5) is 14.9. The van der Waals surface area contributed by atoms with Crippen LogP contribution >= 0.6 is 0 Å². The molecule has 3 heterocycles. The van der Waals surface area contributed by atoms with E-state index in [4.69, 9.17) is 23.7 Å². The minimum Gasteiger partial charge on any atom is -0.463 e. The predicted octanol–water partition coefficient (Wildman–Crippen LogP) is 5.83. The van der Waals surface area contributed by atoms with Crippen LogP contribution in [-0.4, -0.2) is 92.2 Å². The lowest BCUT2D eigenvalue weighted by atomic mass is 9.41. The van der Waals surface area contributed by atoms with Gasteiger partial charge in [-0.25, -0.2) is 0 Å². The topological polar surface area (TPSA) is 86.7 Å². The predicted molar refractivity (Wildman–Crippen MR) is 177 cm³/mol. The molecule has 0 radical (unpaired) electrons. The van der Waals surface area contributed by atoms with Gasteiger partial charge in [0.25, 0.3) is 0 Å². The number of aliphatic hydroxyl groups is 1. The summed E-state index contributed by atoms with van der Waals surface area (Å²) in [6, 6.07) is 0.522. The second-order valence-corrected chi connectivity index (χ2v) is 19.0. The minimum absolute atomic E-state index is 0.0355. The number of esters is 1. The van der Waals surface area contributed by atoms with E-state index in [0.29, 0.717) is 53.6 Å². The van der Waals surface area contributed by atoms with Gasteiger partial charge >= 0.3 is 5.97 Å². The molecule has 0 aromatic carbocycles. The Morgan fingerprint density at radius 2 is 1.77 bits per heavy atom. The molecule has 1 unspecified atom stereocenters. The summed E-state index contributed by atoms with van der Waals surface area (Å²) < 4.78 is 31.1.